The van der Waals surface area contributed by atoms with Gasteiger partial charge in [-0.1, -0.05) is 96.0 Å². The first-order valence-corrected chi connectivity index (χ1v) is 12.3. The van der Waals surface area contributed by atoms with Crippen LogP contribution in [0.4, 0.5) is 0 Å². The highest BCUT2D eigenvalue weighted by Crippen LogP contribution is 2.28. The van der Waals surface area contributed by atoms with Crippen molar-refractivity contribution in [3.63, 3.8) is 0 Å². The fourth-order valence-electron chi connectivity index (χ4n) is 4.12. The number of carbonyl (C=O) groups excluding carboxylic acids is 2. The lowest BCUT2D eigenvalue weighted by molar-refractivity contribution is -0.142. The number of hydrogen-bond donors (Lipinski definition) is 1. The summed E-state index contributed by atoms with van der Waals surface area (Å²) in [6.07, 6.45) is 0.322. The molecular weight excluding hydrogens is 495 g/mol. The Morgan fingerprint density at radius 1 is 0.861 bits per heavy atom. The second kappa shape index (κ2) is 11.9. The predicted octanol–water partition coefficient (Wildman–Crippen LogP) is 5.91. The third kappa shape index (κ3) is 5.99. The summed E-state index contributed by atoms with van der Waals surface area (Å²) in [7, 11) is 1.55. The van der Waals surface area contributed by atoms with Crippen molar-refractivity contribution in [1.82, 2.24) is 10.2 Å². The molecule has 0 radical (unpaired) electrons. The first-order chi connectivity index (χ1) is 17.5. The fraction of sp³-hybridized carbons (Fsp3) is 0.172. The summed E-state index contributed by atoms with van der Waals surface area (Å²) >= 11 is 12.9. The van der Waals surface area contributed by atoms with Crippen molar-refractivity contribution in [2.75, 3.05) is 13.7 Å². The molecule has 0 saturated carbocycles. The minimum absolute atomic E-state index is 0.0567. The van der Waals surface area contributed by atoms with Gasteiger partial charge in [-0.15, -0.1) is 0 Å². The van der Waals surface area contributed by atoms with E-state index in [4.69, 9.17) is 27.9 Å². The molecule has 0 heterocycles. The van der Waals surface area contributed by atoms with Crippen molar-refractivity contribution in [2.24, 2.45) is 0 Å². The number of carbonyl (C=O) groups is 2. The molecule has 0 aliphatic carbocycles. The third-order valence-electron chi connectivity index (χ3n) is 6.01. The van der Waals surface area contributed by atoms with E-state index < -0.39 is 6.04 Å². The molecule has 0 spiro atoms. The van der Waals surface area contributed by atoms with E-state index in [1.54, 1.807) is 25.2 Å². The standard InChI is InChI=1S/C29H26Cl2N2O3/c1-32-29(35)26(17-20-9-3-2-4-10-20)33(18-23-24(30)14-8-15-25(23)31)28(34)19-36-27-16-7-12-21-11-5-6-13-22(21)27/h2-16,26H,17-19H2,1H3,(H,32,35)/t26-/m0/s1. The van der Waals surface area contributed by atoms with E-state index in [1.807, 2.05) is 72.8 Å². The highest BCUT2D eigenvalue weighted by Gasteiger charge is 2.31. The summed E-state index contributed by atoms with van der Waals surface area (Å²) in [6, 6.07) is 27.4. The molecule has 0 aromatic heterocycles. The van der Waals surface area contributed by atoms with E-state index in [0.29, 0.717) is 27.8 Å². The Bertz CT molecular complexity index is 1340. The number of ether oxygens (including phenoxy) is 1. The van der Waals surface area contributed by atoms with Gasteiger partial charge in [0.1, 0.15) is 11.8 Å². The summed E-state index contributed by atoms with van der Waals surface area (Å²) in [6.45, 7) is -0.195. The van der Waals surface area contributed by atoms with Gasteiger partial charge in [0, 0.05) is 41.0 Å². The van der Waals surface area contributed by atoms with Crippen molar-refractivity contribution in [3.05, 3.63) is 112 Å². The van der Waals surface area contributed by atoms with E-state index in [9.17, 15) is 9.59 Å². The van der Waals surface area contributed by atoms with Gasteiger partial charge in [-0.25, -0.2) is 0 Å². The van der Waals surface area contributed by atoms with E-state index in [1.165, 1.54) is 4.90 Å². The number of fused-ring (bicyclic) bond motifs is 1. The average Bonchev–Trinajstić information content (AvgIpc) is 2.90. The maximum Gasteiger partial charge on any atom is 0.261 e. The first-order valence-electron chi connectivity index (χ1n) is 11.6. The maximum atomic E-state index is 13.7. The molecule has 7 heteroatoms. The second-order valence-electron chi connectivity index (χ2n) is 8.31. The zero-order chi connectivity index (χ0) is 25.5. The van der Waals surface area contributed by atoms with Crippen LogP contribution in [0.15, 0.2) is 91.0 Å². The molecule has 1 N–H and O–H groups in total. The second-order valence-corrected chi connectivity index (χ2v) is 9.12. The molecule has 4 aromatic carbocycles. The lowest BCUT2D eigenvalue weighted by Gasteiger charge is -2.31. The molecule has 0 aliphatic heterocycles. The molecule has 0 aliphatic rings. The van der Waals surface area contributed by atoms with Gasteiger partial charge >= 0.3 is 0 Å². The predicted molar refractivity (Wildman–Crippen MR) is 144 cm³/mol. The van der Waals surface area contributed by atoms with Gasteiger partial charge in [-0.05, 0) is 29.1 Å². The molecule has 0 unspecified atom stereocenters. The number of likely N-dealkylation sites (N-methyl/N-ethyl adjacent to an activating group) is 1. The van der Waals surface area contributed by atoms with Crippen molar-refractivity contribution in [1.29, 1.82) is 0 Å². The van der Waals surface area contributed by atoms with Crippen LogP contribution in [-0.4, -0.2) is 36.4 Å². The van der Waals surface area contributed by atoms with Crippen LogP contribution < -0.4 is 10.1 Å². The van der Waals surface area contributed by atoms with Crippen LogP contribution in [0.2, 0.25) is 10.0 Å². The number of halogens is 2. The van der Waals surface area contributed by atoms with Crippen LogP contribution in [-0.2, 0) is 22.6 Å². The van der Waals surface area contributed by atoms with Gasteiger partial charge in [0.05, 0.1) is 0 Å². The number of nitrogens with one attached hydrogen (secondary N) is 1. The smallest absolute Gasteiger partial charge is 0.261 e. The van der Waals surface area contributed by atoms with Gasteiger partial charge in [0.15, 0.2) is 6.61 Å². The lowest BCUT2D eigenvalue weighted by atomic mass is 10.0. The Morgan fingerprint density at radius 2 is 1.50 bits per heavy atom. The SMILES string of the molecule is CNC(=O)[C@H](Cc1ccccc1)N(Cc1c(Cl)cccc1Cl)C(=O)COc1cccc2ccccc12. The van der Waals surface area contributed by atoms with Crippen molar-refractivity contribution < 1.29 is 14.3 Å². The fourth-order valence-corrected chi connectivity index (χ4v) is 4.64. The van der Waals surface area contributed by atoms with Crippen LogP contribution in [0.1, 0.15) is 11.1 Å². The Kier molecular flexibility index (Phi) is 8.47. The summed E-state index contributed by atoms with van der Waals surface area (Å²) in [5.74, 6) is -0.0549. The van der Waals surface area contributed by atoms with E-state index in [0.717, 1.165) is 16.3 Å². The lowest BCUT2D eigenvalue weighted by Crippen LogP contribution is -2.51. The van der Waals surface area contributed by atoms with Crippen LogP contribution >= 0.6 is 23.2 Å². The van der Waals surface area contributed by atoms with Crippen LogP contribution in [0, 0.1) is 0 Å². The summed E-state index contributed by atoms with van der Waals surface area (Å²) in [5, 5.41) is 5.45. The number of rotatable bonds is 9. The maximum absolute atomic E-state index is 13.7. The molecule has 5 nitrogen and oxygen atoms in total. The number of nitrogens with zero attached hydrogens (tertiary/aromatic N) is 1. The molecule has 2 amide bonds. The first kappa shape index (κ1) is 25.5. The van der Waals surface area contributed by atoms with Crippen molar-refractivity contribution in [3.8, 4) is 5.75 Å². The number of hydrogen-bond acceptors (Lipinski definition) is 3. The molecular formula is C29H26Cl2N2O3. The average molecular weight is 521 g/mol. The van der Waals surface area contributed by atoms with E-state index in [-0.39, 0.29) is 25.0 Å². The topological polar surface area (TPSA) is 58.6 Å². The Balaban J connectivity index is 1.66. The Morgan fingerprint density at radius 3 is 2.22 bits per heavy atom. The normalized spacial score (nSPS) is 11.6. The Labute approximate surface area is 220 Å². The minimum atomic E-state index is -0.798. The molecule has 1 atom stereocenters. The molecule has 36 heavy (non-hydrogen) atoms. The zero-order valence-corrected chi connectivity index (χ0v) is 21.3. The van der Waals surface area contributed by atoms with Crippen molar-refractivity contribution >= 4 is 45.8 Å². The van der Waals surface area contributed by atoms with Gasteiger partial charge in [0.25, 0.3) is 5.91 Å². The molecule has 0 bridgehead atoms. The molecule has 4 aromatic rings. The molecule has 0 saturated heterocycles. The van der Waals surface area contributed by atoms with Gasteiger partial charge in [0.2, 0.25) is 5.91 Å². The third-order valence-corrected chi connectivity index (χ3v) is 6.72. The Hall–Kier alpha value is -3.54. The molecule has 4 rings (SSSR count). The van der Waals surface area contributed by atoms with Crippen LogP contribution in [0.5, 0.6) is 5.75 Å². The van der Waals surface area contributed by atoms with Crippen LogP contribution in [0.3, 0.4) is 0 Å². The van der Waals surface area contributed by atoms with Crippen LogP contribution in [0.25, 0.3) is 10.8 Å². The molecule has 0 fully saturated rings. The minimum Gasteiger partial charge on any atom is -0.483 e. The highest BCUT2D eigenvalue weighted by molar-refractivity contribution is 6.36. The zero-order valence-electron chi connectivity index (χ0n) is 19.8. The summed E-state index contributed by atoms with van der Waals surface area (Å²) in [5.41, 5.74) is 1.49. The quantitative estimate of drug-likeness (QED) is 0.298. The van der Waals surface area contributed by atoms with E-state index in [2.05, 4.69) is 5.32 Å². The number of benzene rings is 4. The largest absolute Gasteiger partial charge is 0.483 e. The van der Waals surface area contributed by atoms with Gasteiger partial charge in [-0.3, -0.25) is 9.59 Å². The van der Waals surface area contributed by atoms with Crippen molar-refractivity contribution in [2.45, 2.75) is 19.0 Å². The van der Waals surface area contributed by atoms with Gasteiger partial charge in [-0.2, -0.15) is 0 Å². The monoisotopic (exact) mass is 520 g/mol. The molecule has 184 valence electrons. The van der Waals surface area contributed by atoms with Gasteiger partial charge < -0.3 is 15.0 Å². The highest BCUT2D eigenvalue weighted by atomic mass is 35.5. The summed E-state index contributed by atoms with van der Waals surface area (Å²) < 4.78 is 5.99. The number of amides is 2. The van der Waals surface area contributed by atoms with E-state index >= 15 is 0 Å². The summed E-state index contributed by atoms with van der Waals surface area (Å²) in [4.78, 5) is 28.2.